The van der Waals surface area contributed by atoms with Gasteiger partial charge < -0.3 is 4.74 Å². The van der Waals surface area contributed by atoms with Crippen LogP contribution >= 0.6 is 11.3 Å². The zero-order valence-electron chi connectivity index (χ0n) is 16.9. The van der Waals surface area contributed by atoms with Crippen molar-refractivity contribution in [2.24, 2.45) is 5.41 Å². The van der Waals surface area contributed by atoms with Gasteiger partial charge >= 0.3 is 5.97 Å². The third-order valence-electron chi connectivity index (χ3n) is 5.00. The number of hydrogen-bond acceptors (Lipinski definition) is 3. The Bertz CT molecular complexity index is 804. The van der Waals surface area contributed by atoms with Crippen LogP contribution in [0, 0.1) is 5.41 Å². The highest BCUT2D eigenvalue weighted by Crippen LogP contribution is 2.45. The molecular weight excluding hydrogens is 340 g/mol. The highest BCUT2D eigenvalue weighted by Gasteiger charge is 2.34. The third kappa shape index (κ3) is 4.03. The van der Waals surface area contributed by atoms with Crippen molar-refractivity contribution in [2.45, 2.75) is 72.8 Å². The first kappa shape index (κ1) is 19.2. The van der Waals surface area contributed by atoms with Gasteiger partial charge in [-0.3, -0.25) is 0 Å². The maximum absolute atomic E-state index is 13.1. The first-order valence-electron chi connectivity index (χ1n) is 9.57. The summed E-state index contributed by atoms with van der Waals surface area (Å²) in [6, 6.07) is 8.62. The average Bonchev–Trinajstić information content (AvgIpc) is 2.90. The minimum Gasteiger partial charge on any atom is -0.456 e. The molecule has 0 saturated carbocycles. The summed E-state index contributed by atoms with van der Waals surface area (Å²) >= 11 is 1.78. The Morgan fingerprint density at radius 1 is 1.19 bits per heavy atom. The molecule has 140 valence electrons. The molecule has 1 aromatic heterocycles. The van der Waals surface area contributed by atoms with Crippen molar-refractivity contribution in [3.63, 3.8) is 0 Å². The van der Waals surface area contributed by atoms with E-state index in [1.54, 1.807) is 11.3 Å². The van der Waals surface area contributed by atoms with E-state index in [2.05, 4.69) is 45.0 Å². The number of benzene rings is 1. The van der Waals surface area contributed by atoms with Crippen molar-refractivity contribution in [1.82, 2.24) is 0 Å². The Hall–Kier alpha value is -1.61. The van der Waals surface area contributed by atoms with Crippen molar-refractivity contribution in [1.29, 1.82) is 0 Å². The maximum atomic E-state index is 13.1. The number of carbonyl (C=O) groups is 1. The number of thiophene rings is 1. The fraction of sp³-hybridized carbons (Fsp3) is 0.522. The standard InChI is InChI=1S/C23H30O2S/c1-7-15-8-10-16(11-9-15)20-19(21(24)25-22(2,3)4)17-14-23(5,6)13-12-18(17)26-20/h8-11H,7,12-14H2,1-6H3. The first-order valence-corrected chi connectivity index (χ1v) is 10.4. The zero-order chi connectivity index (χ0) is 19.1. The molecular formula is C23H30O2S. The number of aryl methyl sites for hydroxylation is 2. The highest BCUT2D eigenvalue weighted by molar-refractivity contribution is 7.16. The molecule has 0 saturated heterocycles. The molecule has 3 heteroatoms. The topological polar surface area (TPSA) is 26.3 Å². The molecule has 1 aromatic carbocycles. The van der Waals surface area contributed by atoms with E-state index in [1.165, 1.54) is 22.4 Å². The maximum Gasteiger partial charge on any atom is 0.340 e. The minimum atomic E-state index is -0.487. The largest absolute Gasteiger partial charge is 0.456 e. The lowest BCUT2D eigenvalue weighted by Crippen LogP contribution is -2.27. The minimum absolute atomic E-state index is 0.178. The van der Waals surface area contributed by atoms with Gasteiger partial charge in [-0.1, -0.05) is 45.0 Å². The van der Waals surface area contributed by atoms with E-state index in [4.69, 9.17) is 4.74 Å². The van der Waals surface area contributed by atoms with E-state index in [0.717, 1.165) is 35.3 Å². The van der Waals surface area contributed by atoms with Crippen molar-refractivity contribution >= 4 is 17.3 Å². The Labute approximate surface area is 161 Å². The third-order valence-corrected chi connectivity index (χ3v) is 6.34. The summed E-state index contributed by atoms with van der Waals surface area (Å²) in [5.41, 5.74) is 4.20. The summed E-state index contributed by atoms with van der Waals surface area (Å²) in [6.07, 6.45) is 4.19. The second-order valence-corrected chi connectivity index (χ2v) is 10.2. The molecule has 0 unspecified atom stereocenters. The van der Waals surface area contributed by atoms with Crippen LogP contribution in [0.4, 0.5) is 0 Å². The lowest BCUT2D eigenvalue weighted by atomic mass is 9.76. The molecule has 1 aliphatic carbocycles. The van der Waals surface area contributed by atoms with Gasteiger partial charge in [0.15, 0.2) is 0 Å². The van der Waals surface area contributed by atoms with Gasteiger partial charge in [0.1, 0.15) is 5.60 Å². The molecule has 1 heterocycles. The van der Waals surface area contributed by atoms with E-state index in [0.29, 0.717) is 0 Å². The van der Waals surface area contributed by atoms with Gasteiger partial charge in [0.25, 0.3) is 0 Å². The van der Waals surface area contributed by atoms with Crippen molar-refractivity contribution in [2.75, 3.05) is 0 Å². The smallest absolute Gasteiger partial charge is 0.340 e. The molecule has 0 amide bonds. The van der Waals surface area contributed by atoms with Crippen LogP contribution in [0.5, 0.6) is 0 Å². The van der Waals surface area contributed by atoms with Crippen LogP contribution < -0.4 is 0 Å². The number of esters is 1. The van der Waals surface area contributed by atoms with Gasteiger partial charge in [-0.2, -0.15) is 0 Å². The zero-order valence-corrected chi connectivity index (χ0v) is 17.7. The highest BCUT2D eigenvalue weighted by atomic mass is 32.1. The predicted molar refractivity (Wildman–Crippen MR) is 110 cm³/mol. The molecule has 0 N–H and O–H groups in total. The molecule has 0 fully saturated rings. The summed E-state index contributed by atoms with van der Waals surface area (Å²) in [5, 5.41) is 0. The Kier molecular flexibility index (Phi) is 5.04. The molecule has 26 heavy (non-hydrogen) atoms. The number of hydrogen-bond donors (Lipinski definition) is 0. The molecule has 0 atom stereocenters. The van der Waals surface area contributed by atoms with Gasteiger partial charge in [-0.15, -0.1) is 11.3 Å². The molecule has 2 aromatic rings. The number of fused-ring (bicyclic) bond motifs is 1. The number of ether oxygens (including phenoxy) is 1. The van der Waals surface area contributed by atoms with Crippen LogP contribution in [0.25, 0.3) is 10.4 Å². The number of rotatable bonds is 3. The quantitative estimate of drug-likeness (QED) is 0.581. The molecule has 0 spiro atoms. The normalized spacial score (nSPS) is 16.2. The molecule has 0 aliphatic heterocycles. The van der Waals surface area contributed by atoms with E-state index in [9.17, 15) is 4.79 Å². The number of carbonyl (C=O) groups excluding carboxylic acids is 1. The second kappa shape index (κ2) is 6.84. The fourth-order valence-corrected chi connectivity index (χ4v) is 4.87. The van der Waals surface area contributed by atoms with Crippen LogP contribution in [-0.2, 0) is 24.0 Å². The van der Waals surface area contributed by atoms with Gasteiger partial charge in [0, 0.05) is 9.75 Å². The summed E-state index contributed by atoms with van der Waals surface area (Å²) in [6.45, 7) is 12.5. The lowest BCUT2D eigenvalue weighted by Gasteiger charge is -2.30. The molecule has 2 nitrogen and oxygen atoms in total. The SMILES string of the molecule is CCc1ccc(-c2sc3c(c2C(=O)OC(C)(C)C)CC(C)(C)CC3)cc1. The van der Waals surface area contributed by atoms with E-state index in [1.807, 2.05) is 20.8 Å². The predicted octanol–water partition coefficient (Wildman–Crippen LogP) is 6.45. The van der Waals surface area contributed by atoms with Crippen molar-refractivity contribution in [3.8, 4) is 10.4 Å². The Morgan fingerprint density at radius 2 is 1.85 bits per heavy atom. The van der Waals surface area contributed by atoms with Gasteiger partial charge in [-0.05, 0) is 68.6 Å². The molecule has 3 rings (SSSR count). The van der Waals surface area contributed by atoms with Crippen LogP contribution in [-0.4, -0.2) is 11.6 Å². The van der Waals surface area contributed by atoms with Crippen molar-refractivity contribution < 1.29 is 9.53 Å². The Morgan fingerprint density at radius 3 is 2.42 bits per heavy atom. The van der Waals surface area contributed by atoms with Crippen LogP contribution in [0.1, 0.15) is 74.3 Å². The van der Waals surface area contributed by atoms with E-state index < -0.39 is 5.60 Å². The summed E-state index contributed by atoms with van der Waals surface area (Å²) in [4.78, 5) is 15.5. The summed E-state index contributed by atoms with van der Waals surface area (Å²) in [5.74, 6) is -0.178. The summed E-state index contributed by atoms with van der Waals surface area (Å²) in [7, 11) is 0. The Balaban J connectivity index is 2.11. The molecule has 0 bridgehead atoms. The average molecular weight is 371 g/mol. The van der Waals surface area contributed by atoms with E-state index in [-0.39, 0.29) is 11.4 Å². The monoisotopic (exact) mass is 370 g/mol. The lowest BCUT2D eigenvalue weighted by molar-refractivity contribution is 0.00691. The fourth-order valence-electron chi connectivity index (χ4n) is 3.56. The van der Waals surface area contributed by atoms with Crippen LogP contribution in [0.15, 0.2) is 24.3 Å². The summed E-state index contributed by atoms with van der Waals surface area (Å²) < 4.78 is 5.79. The van der Waals surface area contributed by atoms with Gasteiger partial charge in [0.05, 0.1) is 5.56 Å². The molecule has 1 aliphatic rings. The second-order valence-electron chi connectivity index (χ2n) is 9.10. The van der Waals surface area contributed by atoms with Gasteiger partial charge in [-0.25, -0.2) is 4.79 Å². The van der Waals surface area contributed by atoms with Crippen LogP contribution in [0.3, 0.4) is 0 Å². The van der Waals surface area contributed by atoms with E-state index >= 15 is 0 Å². The van der Waals surface area contributed by atoms with Crippen LogP contribution in [0.2, 0.25) is 0 Å². The molecule has 0 radical (unpaired) electrons. The first-order chi connectivity index (χ1) is 12.1. The van der Waals surface area contributed by atoms with Crippen molar-refractivity contribution in [3.05, 3.63) is 45.8 Å². The van der Waals surface area contributed by atoms with Gasteiger partial charge in [0.2, 0.25) is 0 Å².